The standard InChI is InChI=1S/C17H37NO4/c1-4-18(21)14-13-17(19,20)22-15-11-9-7-5-6-8-10-12-16(2)3/h16,18-20H,4-15H2,1-3H3. The average molecular weight is 319 g/mol. The van der Waals surface area contributed by atoms with Gasteiger partial charge in [0.1, 0.15) is 0 Å². The van der Waals surface area contributed by atoms with Crippen molar-refractivity contribution in [2.24, 2.45) is 5.92 Å². The van der Waals surface area contributed by atoms with Crippen molar-refractivity contribution < 1.29 is 20.0 Å². The summed E-state index contributed by atoms with van der Waals surface area (Å²) in [7, 11) is 0. The van der Waals surface area contributed by atoms with Crippen molar-refractivity contribution in [3.05, 3.63) is 5.21 Å². The molecule has 0 radical (unpaired) electrons. The van der Waals surface area contributed by atoms with Crippen molar-refractivity contribution in [2.45, 2.75) is 84.5 Å². The third-order valence-electron chi connectivity index (χ3n) is 3.88. The van der Waals surface area contributed by atoms with Crippen LogP contribution >= 0.6 is 0 Å². The van der Waals surface area contributed by atoms with Crippen LogP contribution in [0.25, 0.3) is 0 Å². The molecule has 0 amide bonds. The molecule has 0 aliphatic carbocycles. The van der Waals surface area contributed by atoms with E-state index in [9.17, 15) is 15.4 Å². The zero-order chi connectivity index (χ0) is 16.8. The van der Waals surface area contributed by atoms with Crippen LogP contribution in [0.5, 0.6) is 0 Å². The normalized spacial score (nSPS) is 13.8. The van der Waals surface area contributed by atoms with Crippen LogP contribution in [0.2, 0.25) is 0 Å². The number of hydrogen-bond donors (Lipinski definition) is 3. The number of quaternary nitrogens is 1. The third kappa shape index (κ3) is 14.7. The molecule has 0 spiro atoms. The van der Waals surface area contributed by atoms with Gasteiger partial charge in [-0.05, 0) is 19.3 Å². The highest BCUT2D eigenvalue weighted by Crippen LogP contribution is 2.13. The predicted molar refractivity (Wildman–Crippen MR) is 89.2 cm³/mol. The van der Waals surface area contributed by atoms with Gasteiger partial charge in [0.2, 0.25) is 0 Å². The van der Waals surface area contributed by atoms with E-state index in [0.717, 1.165) is 18.8 Å². The van der Waals surface area contributed by atoms with E-state index in [1.54, 1.807) is 6.92 Å². The summed E-state index contributed by atoms with van der Waals surface area (Å²) in [6.45, 7) is 7.21. The van der Waals surface area contributed by atoms with Crippen molar-refractivity contribution in [3.63, 3.8) is 0 Å². The maximum atomic E-state index is 11.1. The molecule has 0 fully saturated rings. The lowest BCUT2D eigenvalue weighted by Gasteiger charge is -2.26. The fourth-order valence-electron chi connectivity index (χ4n) is 2.33. The Morgan fingerprint density at radius 1 is 1.00 bits per heavy atom. The van der Waals surface area contributed by atoms with Crippen molar-refractivity contribution >= 4 is 0 Å². The van der Waals surface area contributed by atoms with Crippen LogP contribution in [0.1, 0.15) is 78.6 Å². The molecule has 22 heavy (non-hydrogen) atoms. The van der Waals surface area contributed by atoms with Gasteiger partial charge in [-0.25, -0.2) is 0 Å². The van der Waals surface area contributed by atoms with E-state index in [-0.39, 0.29) is 18.0 Å². The predicted octanol–water partition coefficient (Wildman–Crippen LogP) is 2.21. The quantitative estimate of drug-likeness (QED) is 0.246. The fourth-order valence-corrected chi connectivity index (χ4v) is 2.33. The second-order valence-corrected chi connectivity index (χ2v) is 6.64. The minimum Gasteiger partial charge on any atom is -0.634 e. The van der Waals surface area contributed by atoms with E-state index in [2.05, 4.69) is 13.8 Å². The minimum absolute atomic E-state index is 0.0218. The highest BCUT2D eigenvalue weighted by Gasteiger charge is 2.24. The molecule has 0 aromatic rings. The summed E-state index contributed by atoms with van der Waals surface area (Å²) in [6.07, 6.45) is 9.50. The zero-order valence-corrected chi connectivity index (χ0v) is 14.8. The van der Waals surface area contributed by atoms with Crippen molar-refractivity contribution in [2.75, 3.05) is 19.7 Å². The number of ether oxygens (including phenoxy) is 1. The lowest BCUT2D eigenvalue weighted by atomic mass is 10.0. The van der Waals surface area contributed by atoms with E-state index >= 15 is 0 Å². The molecule has 0 rings (SSSR count). The zero-order valence-electron chi connectivity index (χ0n) is 14.8. The molecule has 3 N–H and O–H groups in total. The number of hydrogen-bond acceptors (Lipinski definition) is 4. The molecule has 134 valence electrons. The van der Waals surface area contributed by atoms with Gasteiger partial charge in [-0.2, -0.15) is 0 Å². The second kappa shape index (κ2) is 13.3. The topological polar surface area (TPSA) is 77.2 Å². The molecule has 0 aliphatic heterocycles. The first kappa shape index (κ1) is 21.8. The summed E-state index contributed by atoms with van der Waals surface area (Å²) >= 11 is 0. The summed E-state index contributed by atoms with van der Waals surface area (Å²) in [4.78, 5) is 0. The summed E-state index contributed by atoms with van der Waals surface area (Å²) in [6, 6.07) is 0. The second-order valence-electron chi connectivity index (χ2n) is 6.64. The Kier molecular flexibility index (Phi) is 13.1. The first-order chi connectivity index (χ1) is 10.4. The molecule has 0 saturated carbocycles. The SMILES string of the molecule is CC[NH+]([O-])CCC(O)(O)OCCCCCCCCCC(C)C. The van der Waals surface area contributed by atoms with E-state index in [1.807, 2.05) is 0 Å². The number of rotatable bonds is 15. The Hall–Kier alpha value is -0.200. The molecule has 0 heterocycles. The van der Waals surface area contributed by atoms with Crippen LogP contribution in [-0.2, 0) is 4.74 Å². The van der Waals surface area contributed by atoms with E-state index in [4.69, 9.17) is 4.74 Å². The van der Waals surface area contributed by atoms with Gasteiger partial charge < -0.3 is 25.2 Å². The van der Waals surface area contributed by atoms with Gasteiger partial charge in [0.15, 0.2) is 0 Å². The van der Waals surface area contributed by atoms with E-state index in [0.29, 0.717) is 13.2 Å². The lowest BCUT2D eigenvalue weighted by molar-refractivity contribution is -0.848. The largest absolute Gasteiger partial charge is 0.634 e. The molecule has 0 saturated heterocycles. The Balaban J connectivity index is 3.37. The van der Waals surface area contributed by atoms with Crippen LogP contribution in [0.15, 0.2) is 0 Å². The summed E-state index contributed by atoms with van der Waals surface area (Å²) < 4.78 is 5.05. The van der Waals surface area contributed by atoms with Crippen molar-refractivity contribution in [3.8, 4) is 0 Å². The average Bonchev–Trinajstić information content (AvgIpc) is 2.46. The van der Waals surface area contributed by atoms with Gasteiger partial charge in [-0.1, -0.05) is 58.8 Å². The van der Waals surface area contributed by atoms with Gasteiger partial charge in [0.05, 0.1) is 26.1 Å². The maximum absolute atomic E-state index is 11.1. The molecule has 0 aliphatic rings. The number of hydroxylamine groups is 2. The smallest absolute Gasteiger partial charge is 0.283 e. The monoisotopic (exact) mass is 319 g/mol. The summed E-state index contributed by atoms with van der Waals surface area (Å²) in [5.41, 5.74) is 0. The first-order valence-corrected chi connectivity index (χ1v) is 8.97. The van der Waals surface area contributed by atoms with Crippen molar-refractivity contribution in [1.29, 1.82) is 0 Å². The van der Waals surface area contributed by atoms with E-state index in [1.165, 1.54) is 38.5 Å². The van der Waals surface area contributed by atoms with E-state index < -0.39 is 5.97 Å². The highest BCUT2D eigenvalue weighted by molar-refractivity contribution is 4.52. The molecular weight excluding hydrogens is 282 g/mol. The fraction of sp³-hybridized carbons (Fsp3) is 1.00. The molecule has 0 aromatic carbocycles. The van der Waals surface area contributed by atoms with Crippen LogP contribution < -0.4 is 5.06 Å². The summed E-state index contributed by atoms with van der Waals surface area (Å²) in [5, 5.41) is 30.3. The van der Waals surface area contributed by atoms with Crippen LogP contribution in [0.4, 0.5) is 0 Å². The molecule has 1 unspecified atom stereocenters. The molecular formula is C17H37NO4. The third-order valence-corrected chi connectivity index (χ3v) is 3.88. The minimum atomic E-state index is -2.15. The molecule has 0 aromatic heterocycles. The van der Waals surface area contributed by atoms with Crippen LogP contribution in [0, 0.1) is 11.1 Å². The molecule has 1 atom stereocenters. The highest BCUT2D eigenvalue weighted by atomic mass is 16.8. The Labute approximate surface area is 136 Å². The summed E-state index contributed by atoms with van der Waals surface area (Å²) in [5.74, 6) is -1.34. The Morgan fingerprint density at radius 3 is 2.09 bits per heavy atom. The molecule has 5 nitrogen and oxygen atoms in total. The Morgan fingerprint density at radius 2 is 1.55 bits per heavy atom. The van der Waals surface area contributed by atoms with Gasteiger partial charge in [0.25, 0.3) is 5.97 Å². The maximum Gasteiger partial charge on any atom is 0.283 e. The van der Waals surface area contributed by atoms with Gasteiger partial charge in [-0.3, -0.25) is 0 Å². The lowest BCUT2D eigenvalue weighted by Crippen LogP contribution is -3.07. The Bertz CT molecular complexity index is 247. The van der Waals surface area contributed by atoms with Gasteiger partial charge >= 0.3 is 0 Å². The van der Waals surface area contributed by atoms with Crippen molar-refractivity contribution in [1.82, 2.24) is 0 Å². The molecule has 0 bridgehead atoms. The van der Waals surface area contributed by atoms with Crippen LogP contribution in [-0.4, -0.2) is 35.9 Å². The number of aliphatic hydroxyl groups is 2. The van der Waals surface area contributed by atoms with Gasteiger partial charge in [0, 0.05) is 0 Å². The first-order valence-electron chi connectivity index (χ1n) is 8.97. The van der Waals surface area contributed by atoms with Crippen LogP contribution in [0.3, 0.4) is 0 Å². The number of nitrogens with one attached hydrogen (secondary N) is 1. The molecule has 5 heteroatoms. The van der Waals surface area contributed by atoms with Gasteiger partial charge in [-0.15, -0.1) is 0 Å². The number of unbranched alkanes of at least 4 members (excludes halogenated alkanes) is 6.